The fraction of sp³-hybridized carbons (Fsp3) is 0.381. The second kappa shape index (κ2) is 9.87. The Morgan fingerprint density at radius 3 is 2.17 bits per heavy atom. The summed E-state index contributed by atoms with van der Waals surface area (Å²) in [4.78, 5) is 14.7. The first-order valence-corrected chi connectivity index (χ1v) is 11.3. The van der Waals surface area contributed by atoms with Crippen LogP contribution in [0.2, 0.25) is 0 Å². The predicted octanol–water partition coefficient (Wildman–Crippen LogP) is 2.81. The number of rotatable bonds is 8. The molecule has 0 aromatic heterocycles. The summed E-state index contributed by atoms with van der Waals surface area (Å²) < 4.78 is 33.5. The van der Waals surface area contributed by atoms with Gasteiger partial charge in [-0.15, -0.1) is 0 Å². The Labute approximate surface area is 171 Å². The van der Waals surface area contributed by atoms with Crippen molar-refractivity contribution in [3.8, 4) is 11.5 Å². The van der Waals surface area contributed by atoms with Crippen LogP contribution < -0.4 is 14.6 Å². The van der Waals surface area contributed by atoms with Gasteiger partial charge in [0.05, 0.1) is 17.1 Å². The van der Waals surface area contributed by atoms with Gasteiger partial charge >= 0.3 is 5.97 Å². The van der Waals surface area contributed by atoms with Crippen LogP contribution in [-0.4, -0.2) is 45.5 Å². The Morgan fingerprint density at radius 1 is 0.931 bits per heavy atom. The quantitative estimate of drug-likeness (QED) is 0.402. The molecule has 7 nitrogen and oxygen atoms in total. The molecule has 0 aliphatic carbocycles. The van der Waals surface area contributed by atoms with E-state index in [1.807, 2.05) is 0 Å². The van der Waals surface area contributed by atoms with E-state index >= 15 is 0 Å². The van der Waals surface area contributed by atoms with E-state index in [-0.39, 0.29) is 10.6 Å². The Bertz CT molecular complexity index is 905. The molecule has 1 heterocycles. The highest BCUT2D eigenvalue weighted by Crippen LogP contribution is 2.18. The SMILES string of the molecule is NS(=O)(=O)c1ccc(OC(=O)c2ccc(OCCCN3CCCCC3)cc2)cc1. The number of likely N-dealkylation sites (tertiary alicyclic amines) is 1. The average Bonchev–Trinajstić information content (AvgIpc) is 2.72. The van der Waals surface area contributed by atoms with Crippen molar-refractivity contribution in [3.05, 3.63) is 54.1 Å². The highest BCUT2D eigenvalue weighted by atomic mass is 32.2. The maximum atomic E-state index is 12.2. The minimum atomic E-state index is -3.78. The standard InChI is InChI=1S/C21H26N2O5S/c22-29(25,26)20-11-9-19(10-12-20)28-21(24)17-5-7-18(8-6-17)27-16-4-15-23-13-2-1-3-14-23/h5-12H,1-4,13-16H2,(H2,22,25,26). The van der Waals surface area contributed by atoms with E-state index in [1.54, 1.807) is 24.3 Å². The van der Waals surface area contributed by atoms with E-state index < -0.39 is 16.0 Å². The number of hydrogen-bond acceptors (Lipinski definition) is 6. The molecule has 2 aromatic carbocycles. The summed E-state index contributed by atoms with van der Waals surface area (Å²) >= 11 is 0. The van der Waals surface area contributed by atoms with Gasteiger partial charge in [-0.25, -0.2) is 18.4 Å². The van der Waals surface area contributed by atoms with Crippen LogP contribution in [0.1, 0.15) is 36.0 Å². The molecule has 1 saturated heterocycles. The maximum absolute atomic E-state index is 12.2. The molecule has 1 fully saturated rings. The largest absolute Gasteiger partial charge is 0.494 e. The number of benzene rings is 2. The van der Waals surface area contributed by atoms with Crippen molar-refractivity contribution in [2.75, 3.05) is 26.2 Å². The van der Waals surface area contributed by atoms with E-state index in [0.717, 1.165) is 13.0 Å². The van der Waals surface area contributed by atoms with Crippen molar-refractivity contribution in [2.24, 2.45) is 5.14 Å². The summed E-state index contributed by atoms with van der Waals surface area (Å²) in [5.74, 6) is 0.406. The number of nitrogens with two attached hydrogens (primary N) is 1. The summed E-state index contributed by atoms with van der Waals surface area (Å²) in [5, 5.41) is 5.04. The lowest BCUT2D eigenvalue weighted by atomic mass is 10.1. The van der Waals surface area contributed by atoms with Gasteiger partial charge in [-0.05, 0) is 80.9 Å². The number of sulfonamides is 1. The molecule has 0 spiro atoms. The number of piperidine rings is 1. The minimum Gasteiger partial charge on any atom is -0.494 e. The van der Waals surface area contributed by atoms with Crippen LogP contribution in [0, 0.1) is 0 Å². The summed E-state index contributed by atoms with van der Waals surface area (Å²) in [6.45, 7) is 4.05. The van der Waals surface area contributed by atoms with Crippen LogP contribution in [0.15, 0.2) is 53.4 Å². The van der Waals surface area contributed by atoms with Crippen LogP contribution in [0.25, 0.3) is 0 Å². The predicted molar refractivity (Wildman–Crippen MR) is 110 cm³/mol. The first kappa shape index (κ1) is 21.3. The number of primary sulfonamides is 1. The molecule has 8 heteroatoms. The highest BCUT2D eigenvalue weighted by Gasteiger charge is 2.12. The monoisotopic (exact) mass is 418 g/mol. The molecule has 156 valence electrons. The van der Waals surface area contributed by atoms with Crippen molar-refractivity contribution in [3.63, 3.8) is 0 Å². The zero-order valence-electron chi connectivity index (χ0n) is 16.2. The van der Waals surface area contributed by atoms with Crippen LogP contribution in [-0.2, 0) is 10.0 Å². The molecule has 1 aliphatic rings. The fourth-order valence-corrected chi connectivity index (χ4v) is 3.73. The Morgan fingerprint density at radius 2 is 1.55 bits per heavy atom. The van der Waals surface area contributed by atoms with E-state index in [1.165, 1.54) is 56.6 Å². The Balaban J connectivity index is 1.45. The van der Waals surface area contributed by atoms with Gasteiger partial charge < -0.3 is 14.4 Å². The third kappa shape index (κ3) is 6.56. The van der Waals surface area contributed by atoms with E-state index in [0.29, 0.717) is 17.9 Å². The molecule has 0 atom stereocenters. The van der Waals surface area contributed by atoms with Crippen molar-refractivity contribution in [2.45, 2.75) is 30.6 Å². The van der Waals surface area contributed by atoms with Gasteiger partial charge in [-0.1, -0.05) is 6.42 Å². The number of carbonyl (C=O) groups is 1. The third-order valence-corrected chi connectivity index (χ3v) is 5.72. The van der Waals surface area contributed by atoms with Gasteiger partial charge in [0.1, 0.15) is 11.5 Å². The first-order valence-electron chi connectivity index (χ1n) is 9.72. The Kier molecular flexibility index (Phi) is 7.24. The molecule has 2 N–H and O–H groups in total. The molecule has 2 aromatic rings. The molecule has 0 radical (unpaired) electrons. The molecule has 0 amide bonds. The summed E-state index contributed by atoms with van der Waals surface area (Å²) in [6.07, 6.45) is 4.88. The summed E-state index contributed by atoms with van der Waals surface area (Å²) in [5.41, 5.74) is 0.376. The zero-order chi connectivity index (χ0) is 20.7. The molecule has 0 bridgehead atoms. The second-order valence-corrected chi connectivity index (χ2v) is 8.60. The topological polar surface area (TPSA) is 98.9 Å². The number of nitrogens with zero attached hydrogens (tertiary/aromatic N) is 1. The van der Waals surface area contributed by atoms with Gasteiger partial charge in [-0.2, -0.15) is 0 Å². The number of hydrogen-bond donors (Lipinski definition) is 1. The molecular formula is C21H26N2O5S. The average molecular weight is 419 g/mol. The second-order valence-electron chi connectivity index (χ2n) is 7.03. The molecule has 0 saturated carbocycles. The van der Waals surface area contributed by atoms with Gasteiger partial charge in [0.15, 0.2) is 0 Å². The Hall–Kier alpha value is -2.42. The highest BCUT2D eigenvalue weighted by molar-refractivity contribution is 7.89. The normalized spacial score (nSPS) is 15.1. The van der Waals surface area contributed by atoms with Crippen molar-refractivity contribution in [1.82, 2.24) is 4.90 Å². The zero-order valence-corrected chi connectivity index (χ0v) is 17.1. The maximum Gasteiger partial charge on any atom is 0.343 e. The lowest BCUT2D eigenvalue weighted by Crippen LogP contribution is -2.31. The lowest BCUT2D eigenvalue weighted by molar-refractivity contribution is 0.0734. The molecule has 1 aliphatic heterocycles. The number of carbonyl (C=O) groups excluding carboxylic acids is 1. The number of esters is 1. The third-order valence-electron chi connectivity index (χ3n) is 4.79. The molecule has 29 heavy (non-hydrogen) atoms. The number of ether oxygens (including phenoxy) is 2. The van der Waals surface area contributed by atoms with Crippen molar-refractivity contribution >= 4 is 16.0 Å². The van der Waals surface area contributed by atoms with E-state index in [9.17, 15) is 13.2 Å². The molecular weight excluding hydrogens is 392 g/mol. The van der Waals surface area contributed by atoms with Crippen LogP contribution in [0.4, 0.5) is 0 Å². The van der Waals surface area contributed by atoms with Gasteiger partial charge in [0.25, 0.3) is 0 Å². The summed E-state index contributed by atoms with van der Waals surface area (Å²) in [7, 11) is -3.78. The lowest BCUT2D eigenvalue weighted by Gasteiger charge is -2.26. The van der Waals surface area contributed by atoms with Gasteiger partial charge in [0.2, 0.25) is 10.0 Å². The van der Waals surface area contributed by atoms with Crippen molar-refractivity contribution < 1.29 is 22.7 Å². The van der Waals surface area contributed by atoms with Crippen LogP contribution >= 0.6 is 0 Å². The van der Waals surface area contributed by atoms with Crippen LogP contribution in [0.5, 0.6) is 11.5 Å². The van der Waals surface area contributed by atoms with Gasteiger partial charge in [0, 0.05) is 6.54 Å². The van der Waals surface area contributed by atoms with Crippen LogP contribution in [0.3, 0.4) is 0 Å². The van der Waals surface area contributed by atoms with E-state index in [2.05, 4.69) is 4.90 Å². The molecule has 0 unspecified atom stereocenters. The first-order chi connectivity index (χ1) is 13.9. The summed E-state index contributed by atoms with van der Waals surface area (Å²) in [6, 6.07) is 12.1. The van der Waals surface area contributed by atoms with Gasteiger partial charge in [-0.3, -0.25) is 0 Å². The van der Waals surface area contributed by atoms with Crippen molar-refractivity contribution in [1.29, 1.82) is 0 Å². The molecule has 3 rings (SSSR count). The minimum absolute atomic E-state index is 0.0425. The van der Waals surface area contributed by atoms with E-state index in [4.69, 9.17) is 14.6 Å². The smallest absolute Gasteiger partial charge is 0.343 e. The fourth-order valence-electron chi connectivity index (χ4n) is 3.21.